The van der Waals surface area contributed by atoms with E-state index in [1.165, 1.54) is 12.1 Å². The summed E-state index contributed by atoms with van der Waals surface area (Å²) in [6.45, 7) is 0. The molecule has 7 heteroatoms. The molecule has 2 aromatic carbocycles. The number of rotatable bonds is 2. The minimum Gasteiger partial charge on any atom is -0.508 e. The summed E-state index contributed by atoms with van der Waals surface area (Å²) >= 11 is 5.48. The lowest BCUT2D eigenvalue weighted by Crippen LogP contribution is -1.88. The van der Waals surface area contributed by atoms with Gasteiger partial charge in [-0.25, -0.2) is 8.78 Å². The highest BCUT2D eigenvalue weighted by Gasteiger charge is 2.17. The standard InChI is InChI=1S/C14H7ClF2N2O2/c15-10-6-11(16)9(5-12(10)17)14-18-13(19-21-14)7-2-1-3-8(20)4-7/h1-6,20H. The van der Waals surface area contributed by atoms with Gasteiger partial charge in [0.15, 0.2) is 0 Å². The number of phenolic OH excluding ortho intramolecular Hbond substituents is 1. The summed E-state index contributed by atoms with van der Waals surface area (Å²) < 4.78 is 32.1. The van der Waals surface area contributed by atoms with E-state index in [0.717, 1.165) is 12.1 Å². The molecule has 0 fully saturated rings. The second-order valence-corrected chi connectivity index (χ2v) is 4.63. The molecule has 1 heterocycles. The topological polar surface area (TPSA) is 59.2 Å². The van der Waals surface area contributed by atoms with Gasteiger partial charge in [-0.15, -0.1) is 0 Å². The predicted molar refractivity (Wildman–Crippen MR) is 71.8 cm³/mol. The number of hydrogen-bond donors (Lipinski definition) is 1. The van der Waals surface area contributed by atoms with Crippen molar-refractivity contribution in [3.05, 3.63) is 53.1 Å². The summed E-state index contributed by atoms with van der Waals surface area (Å²) in [5, 5.41) is 12.7. The van der Waals surface area contributed by atoms with E-state index in [1.54, 1.807) is 12.1 Å². The zero-order valence-corrected chi connectivity index (χ0v) is 11.1. The molecular weight excluding hydrogens is 302 g/mol. The second kappa shape index (κ2) is 5.14. The van der Waals surface area contributed by atoms with Gasteiger partial charge in [-0.05, 0) is 24.3 Å². The number of halogens is 3. The fourth-order valence-corrected chi connectivity index (χ4v) is 1.93. The molecule has 0 spiro atoms. The van der Waals surface area contributed by atoms with Crippen LogP contribution in [-0.4, -0.2) is 15.2 Å². The van der Waals surface area contributed by atoms with Gasteiger partial charge in [0.2, 0.25) is 5.82 Å². The SMILES string of the molecule is Oc1cccc(-c2noc(-c3cc(F)c(Cl)cc3F)n2)c1. The fourth-order valence-electron chi connectivity index (χ4n) is 1.78. The van der Waals surface area contributed by atoms with Crippen LogP contribution in [0.4, 0.5) is 8.78 Å². The van der Waals surface area contributed by atoms with Gasteiger partial charge in [0.05, 0.1) is 10.6 Å². The lowest BCUT2D eigenvalue weighted by Gasteiger charge is -1.99. The van der Waals surface area contributed by atoms with Crippen molar-refractivity contribution >= 4 is 11.6 Å². The average molecular weight is 309 g/mol. The highest BCUT2D eigenvalue weighted by Crippen LogP contribution is 2.28. The van der Waals surface area contributed by atoms with Gasteiger partial charge in [0, 0.05) is 5.56 Å². The van der Waals surface area contributed by atoms with Crippen LogP contribution >= 0.6 is 11.6 Å². The Morgan fingerprint density at radius 3 is 2.67 bits per heavy atom. The first kappa shape index (κ1) is 13.5. The van der Waals surface area contributed by atoms with Gasteiger partial charge in [-0.3, -0.25) is 0 Å². The zero-order valence-electron chi connectivity index (χ0n) is 10.3. The van der Waals surface area contributed by atoms with E-state index >= 15 is 0 Å². The highest BCUT2D eigenvalue weighted by molar-refractivity contribution is 6.30. The summed E-state index contributed by atoms with van der Waals surface area (Å²) in [6.07, 6.45) is 0. The van der Waals surface area contributed by atoms with Gasteiger partial charge < -0.3 is 9.63 Å². The lowest BCUT2D eigenvalue weighted by molar-refractivity contribution is 0.429. The molecule has 0 amide bonds. The molecule has 4 nitrogen and oxygen atoms in total. The van der Waals surface area contributed by atoms with Crippen LogP contribution in [0.2, 0.25) is 5.02 Å². The molecule has 0 aliphatic carbocycles. The minimum atomic E-state index is -0.787. The Labute approximate surface area is 122 Å². The molecule has 0 saturated heterocycles. The van der Waals surface area contributed by atoms with Crippen molar-refractivity contribution in [1.29, 1.82) is 0 Å². The number of phenols is 1. The summed E-state index contributed by atoms with van der Waals surface area (Å²) in [4.78, 5) is 3.98. The molecule has 0 bridgehead atoms. The van der Waals surface area contributed by atoms with Crippen molar-refractivity contribution in [3.63, 3.8) is 0 Å². The molecule has 3 rings (SSSR count). The van der Waals surface area contributed by atoms with E-state index in [1.807, 2.05) is 0 Å². The van der Waals surface area contributed by atoms with Crippen molar-refractivity contribution in [1.82, 2.24) is 10.1 Å². The van der Waals surface area contributed by atoms with E-state index in [9.17, 15) is 13.9 Å². The van der Waals surface area contributed by atoms with Crippen LogP contribution in [-0.2, 0) is 0 Å². The van der Waals surface area contributed by atoms with Crippen LogP contribution in [0.3, 0.4) is 0 Å². The van der Waals surface area contributed by atoms with Crippen molar-refractivity contribution in [2.45, 2.75) is 0 Å². The molecule has 1 N–H and O–H groups in total. The maximum atomic E-state index is 13.8. The third-order valence-electron chi connectivity index (χ3n) is 2.77. The molecule has 1 aromatic heterocycles. The molecule has 21 heavy (non-hydrogen) atoms. The molecule has 0 aliphatic rings. The maximum absolute atomic E-state index is 13.8. The second-order valence-electron chi connectivity index (χ2n) is 4.22. The Balaban J connectivity index is 2.05. The van der Waals surface area contributed by atoms with E-state index in [4.69, 9.17) is 16.1 Å². The van der Waals surface area contributed by atoms with E-state index in [-0.39, 0.29) is 28.1 Å². The van der Waals surface area contributed by atoms with Crippen LogP contribution in [0, 0.1) is 11.6 Å². The predicted octanol–water partition coefficient (Wildman–Crippen LogP) is 4.04. The maximum Gasteiger partial charge on any atom is 0.261 e. The third kappa shape index (κ3) is 2.57. The Bertz CT molecular complexity index is 820. The van der Waals surface area contributed by atoms with Gasteiger partial charge in [0.25, 0.3) is 5.89 Å². The summed E-state index contributed by atoms with van der Waals surface area (Å²) in [6, 6.07) is 7.88. The Morgan fingerprint density at radius 1 is 1.10 bits per heavy atom. The van der Waals surface area contributed by atoms with Crippen LogP contribution < -0.4 is 0 Å². The fraction of sp³-hybridized carbons (Fsp3) is 0. The largest absolute Gasteiger partial charge is 0.508 e. The monoisotopic (exact) mass is 308 g/mol. The van der Waals surface area contributed by atoms with Crippen LogP contribution in [0.1, 0.15) is 0 Å². The Kier molecular flexibility index (Phi) is 3.31. The van der Waals surface area contributed by atoms with Crippen LogP contribution in [0.5, 0.6) is 5.75 Å². The number of hydrogen-bond acceptors (Lipinski definition) is 4. The molecule has 106 valence electrons. The Hall–Kier alpha value is -2.47. The van der Waals surface area contributed by atoms with E-state index in [0.29, 0.717) is 5.56 Å². The number of nitrogens with zero attached hydrogens (tertiary/aromatic N) is 2. The molecule has 0 atom stereocenters. The average Bonchev–Trinajstić information content (AvgIpc) is 2.92. The van der Waals surface area contributed by atoms with Crippen LogP contribution in [0.25, 0.3) is 22.8 Å². The first-order valence-electron chi connectivity index (χ1n) is 5.82. The molecule has 0 radical (unpaired) electrons. The molecular formula is C14H7ClF2N2O2. The van der Waals surface area contributed by atoms with Crippen molar-refractivity contribution < 1.29 is 18.4 Å². The van der Waals surface area contributed by atoms with Crippen molar-refractivity contribution in [2.75, 3.05) is 0 Å². The summed E-state index contributed by atoms with van der Waals surface area (Å²) in [5.41, 5.74) is 0.302. The summed E-state index contributed by atoms with van der Waals surface area (Å²) in [5.74, 6) is -1.56. The van der Waals surface area contributed by atoms with E-state index < -0.39 is 11.6 Å². The number of aromatic nitrogens is 2. The zero-order chi connectivity index (χ0) is 15.0. The quantitative estimate of drug-likeness (QED) is 0.726. The lowest BCUT2D eigenvalue weighted by atomic mass is 10.2. The first-order valence-corrected chi connectivity index (χ1v) is 6.20. The molecule has 0 aliphatic heterocycles. The molecule has 0 saturated carbocycles. The first-order chi connectivity index (χ1) is 10.0. The minimum absolute atomic E-state index is 0.0302. The summed E-state index contributed by atoms with van der Waals surface area (Å²) in [7, 11) is 0. The van der Waals surface area contributed by atoms with Gasteiger partial charge in [-0.2, -0.15) is 4.98 Å². The van der Waals surface area contributed by atoms with Gasteiger partial charge in [0.1, 0.15) is 17.4 Å². The highest BCUT2D eigenvalue weighted by atomic mass is 35.5. The van der Waals surface area contributed by atoms with Crippen molar-refractivity contribution in [3.8, 4) is 28.6 Å². The Morgan fingerprint density at radius 2 is 1.90 bits per heavy atom. The molecule has 0 unspecified atom stereocenters. The normalized spacial score (nSPS) is 10.8. The molecule has 3 aromatic rings. The number of benzene rings is 2. The van der Waals surface area contributed by atoms with Gasteiger partial charge in [-0.1, -0.05) is 28.9 Å². The van der Waals surface area contributed by atoms with Crippen LogP contribution in [0.15, 0.2) is 40.9 Å². The third-order valence-corrected chi connectivity index (χ3v) is 3.06. The van der Waals surface area contributed by atoms with Gasteiger partial charge >= 0.3 is 0 Å². The van der Waals surface area contributed by atoms with E-state index in [2.05, 4.69) is 10.1 Å². The van der Waals surface area contributed by atoms with Crippen molar-refractivity contribution in [2.24, 2.45) is 0 Å². The number of aromatic hydroxyl groups is 1. The smallest absolute Gasteiger partial charge is 0.261 e.